The predicted octanol–water partition coefficient (Wildman–Crippen LogP) is 2.57. The second kappa shape index (κ2) is 6.07. The van der Waals surface area contributed by atoms with Crippen LogP contribution in [-0.2, 0) is 23.2 Å². The van der Waals surface area contributed by atoms with Gasteiger partial charge in [-0.1, -0.05) is 39.0 Å². The molecule has 1 aliphatic heterocycles. The number of H-pyrrole nitrogens is 1. The number of nitrogens with zero attached hydrogens (tertiary/aromatic N) is 1. The van der Waals surface area contributed by atoms with E-state index in [1.54, 1.807) is 0 Å². The number of carbonyl (C=O) groups is 1. The van der Waals surface area contributed by atoms with Crippen LogP contribution >= 0.6 is 0 Å². The van der Waals surface area contributed by atoms with E-state index in [0.29, 0.717) is 13.2 Å². The summed E-state index contributed by atoms with van der Waals surface area (Å²) in [5.74, 6) is 0.765. The zero-order chi connectivity index (χ0) is 16.4. The van der Waals surface area contributed by atoms with E-state index in [9.17, 15) is 4.79 Å². The van der Waals surface area contributed by atoms with Gasteiger partial charge in [-0.05, 0) is 24.1 Å². The lowest BCUT2D eigenvalue weighted by molar-refractivity contribution is -0.126. The molecule has 122 valence electrons. The molecule has 0 radical (unpaired) electrons. The summed E-state index contributed by atoms with van der Waals surface area (Å²) in [6.45, 7) is 7.23. The molecule has 1 atom stereocenters. The molecule has 0 unspecified atom stereocenters. The first-order valence-corrected chi connectivity index (χ1v) is 7.96. The van der Waals surface area contributed by atoms with Crippen molar-refractivity contribution in [3.63, 3.8) is 0 Å². The van der Waals surface area contributed by atoms with Crippen molar-refractivity contribution in [3.05, 3.63) is 47.3 Å². The normalized spacial score (nSPS) is 17.3. The van der Waals surface area contributed by atoms with Crippen molar-refractivity contribution >= 4 is 5.91 Å². The SMILES string of the molecule is CC(C)(C)c1cc(CNC(=O)[C@@H]2COc3ccccc3C2)[nH]n1. The first-order chi connectivity index (χ1) is 10.9. The van der Waals surface area contributed by atoms with Crippen LogP contribution < -0.4 is 10.1 Å². The minimum absolute atomic E-state index is 0.000318. The van der Waals surface area contributed by atoms with Gasteiger partial charge in [0.1, 0.15) is 12.4 Å². The fourth-order valence-electron chi connectivity index (χ4n) is 2.66. The number of para-hydroxylation sites is 1. The Morgan fingerprint density at radius 1 is 1.39 bits per heavy atom. The summed E-state index contributed by atoms with van der Waals surface area (Å²) in [6, 6.07) is 9.89. The van der Waals surface area contributed by atoms with Gasteiger partial charge in [0.25, 0.3) is 0 Å². The summed E-state index contributed by atoms with van der Waals surface area (Å²) < 4.78 is 5.68. The maximum atomic E-state index is 12.4. The number of benzene rings is 1. The number of hydrogen-bond donors (Lipinski definition) is 2. The number of hydrogen-bond acceptors (Lipinski definition) is 3. The largest absolute Gasteiger partial charge is 0.492 e. The van der Waals surface area contributed by atoms with E-state index < -0.39 is 0 Å². The average molecular weight is 313 g/mol. The Kier molecular flexibility index (Phi) is 4.11. The molecule has 0 saturated carbocycles. The lowest BCUT2D eigenvalue weighted by Gasteiger charge is -2.24. The van der Waals surface area contributed by atoms with Crippen molar-refractivity contribution in [1.29, 1.82) is 0 Å². The standard InChI is InChI=1S/C18H23N3O2/c1-18(2,3)16-9-14(20-21-16)10-19-17(22)13-8-12-6-4-5-7-15(12)23-11-13/h4-7,9,13H,8,10-11H2,1-3H3,(H,19,22)(H,20,21)/t13-/m0/s1. The van der Waals surface area contributed by atoms with Crippen LogP contribution in [0, 0.1) is 5.92 Å². The topological polar surface area (TPSA) is 67.0 Å². The quantitative estimate of drug-likeness (QED) is 0.915. The van der Waals surface area contributed by atoms with E-state index in [1.807, 2.05) is 30.3 Å². The lowest BCUT2D eigenvalue weighted by Crippen LogP contribution is -2.37. The Morgan fingerprint density at radius 2 is 2.17 bits per heavy atom. The van der Waals surface area contributed by atoms with Gasteiger partial charge < -0.3 is 10.1 Å². The molecule has 5 nitrogen and oxygen atoms in total. The highest BCUT2D eigenvalue weighted by Crippen LogP contribution is 2.27. The fourth-order valence-corrected chi connectivity index (χ4v) is 2.66. The van der Waals surface area contributed by atoms with Gasteiger partial charge in [-0.2, -0.15) is 5.10 Å². The van der Waals surface area contributed by atoms with Gasteiger partial charge >= 0.3 is 0 Å². The summed E-state index contributed by atoms with van der Waals surface area (Å²) in [5, 5.41) is 10.3. The lowest BCUT2D eigenvalue weighted by atomic mass is 9.92. The molecule has 2 heterocycles. The highest BCUT2D eigenvalue weighted by Gasteiger charge is 2.25. The van der Waals surface area contributed by atoms with Crippen LogP contribution in [0.2, 0.25) is 0 Å². The Balaban J connectivity index is 1.57. The van der Waals surface area contributed by atoms with Crippen molar-refractivity contribution in [3.8, 4) is 5.75 Å². The van der Waals surface area contributed by atoms with Crippen LogP contribution in [0.25, 0.3) is 0 Å². The Hall–Kier alpha value is -2.30. The molecule has 0 fully saturated rings. The van der Waals surface area contributed by atoms with Crippen LogP contribution in [0.5, 0.6) is 5.75 Å². The fraction of sp³-hybridized carbons (Fsp3) is 0.444. The number of fused-ring (bicyclic) bond motifs is 1. The molecule has 2 N–H and O–H groups in total. The molecule has 23 heavy (non-hydrogen) atoms. The molecule has 5 heteroatoms. The third-order valence-electron chi connectivity index (χ3n) is 4.10. The van der Waals surface area contributed by atoms with Crippen LogP contribution in [0.15, 0.2) is 30.3 Å². The van der Waals surface area contributed by atoms with Gasteiger partial charge in [-0.25, -0.2) is 0 Å². The van der Waals surface area contributed by atoms with E-state index in [-0.39, 0.29) is 17.2 Å². The van der Waals surface area contributed by atoms with Crippen molar-refractivity contribution in [2.75, 3.05) is 6.61 Å². The van der Waals surface area contributed by atoms with E-state index in [0.717, 1.165) is 29.1 Å². The second-order valence-electron chi connectivity index (χ2n) is 7.07. The number of carbonyl (C=O) groups excluding carboxylic acids is 1. The number of aromatic amines is 1. The third-order valence-corrected chi connectivity index (χ3v) is 4.10. The third kappa shape index (κ3) is 3.55. The minimum Gasteiger partial charge on any atom is -0.492 e. The van der Waals surface area contributed by atoms with E-state index >= 15 is 0 Å². The van der Waals surface area contributed by atoms with E-state index in [4.69, 9.17) is 4.74 Å². The summed E-state index contributed by atoms with van der Waals surface area (Å²) >= 11 is 0. The number of rotatable bonds is 3. The monoisotopic (exact) mass is 313 g/mol. The number of amides is 1. The maximum absolute atomic E-state index is 12.4. The van der Waals surface area contributed by atoms with Crippen molar-refractivity contribution in [2.24, 2.45) is 5.92 Å². The smallest absolute Gasteiger partial charge is 0.227 e. The second-order valence-corrected chi connectivity index (χ2v) is 7.07. The van der Waals surface area contributed by atoms with Gasteiger partial charge in [0.15, 0.2) is 0 Å². The Labute approximate surface area is 136 Å². The van der Waals surface area contributed by atoms with Gasteiger partial charge in [0.05, 0.1) is 23.9 Å². The molecule has 1 amide bonds. The zero-order valence-electron chi connectivity index (χ0n) is 13.8. The van der Waals surface area contributed by atoms with Gasteiger partial charge in [0, 0.05) is 5.41 Å². The Bertz CT molecular complexity index is 700. The molecule has 0 saturated heterocycles. The molecule has 0 bridgehead atoms. The maximum Gasteiger partial charge on any atom is 0.227 e. The van der Waals surface area contributed by atoms with Gasteiger partial charge in [0.2, 0.25) is 5.91 Å². The first-order valence-electron chi connectivity index (χ1n) is 7.96. The van der Waals surface area contributed by atoms with E-state index in [2.05, 4.69) is 36.3 Å². The first kappa shape index (κ1) is 15.6. The summed E-state index contributed by atoms with van der Waals surface area (Å²) in [5.41, 5.74) is 3.01. The molecule has 0 aliphatic carbocycles. The van der Waals surface area contributed by atoms with Crippen molar-refractivity contribution < 1.29 is 9.53 Å². The van der Waals surface area contributed by atoms with Crippen LogP contribution in [-0.4, -0.2) is 22.7 Å². The molecule has 1 aliphatic rings. The average Bonchev–Trinajstić information content (AvgIpc) is 3.01. The predicted molar refractivity (Wildman–Crippen MR) is 88.3 cm³/mol. The summed E-state index contributed by atoms with van der Waals surface area (Å²) in [4.78, 5) is 12.4. The van der Waals surface area contributed by atoms with Crippen LogP contribution in [0.4, 0.5) is 0 Å². The van der Waals surface area contributed by atoms with Gasteiger partial charge in [-0.15, -0.1) is 0 Å². The molecular formula is C18H23N3O2. The molecule has 0 spiro atoms. The van der Waals surface area contributed by atoms with Crippen LogP contribution in [0.3, 0.4) is 0 Å². The number of nitrogens with one attached hydrogen (secondary N) is 2. The molecule has 1 aromatic heterocycles. The molecule has 1 aromatic carbocycles. The number of aromatic nitrogens is 2. The van der Waals surface area contributed by atoms with Crippen LogP contribution in [0.1, 0.15) is 37.7 Å². The minimum atomic E-state index is -0.144. The van der Waals surface area contributed by atoms with Gasteiger partial charge in [-0.3, -0.25) is 9.89 Å². The molecular weight excluding hydrogens is 290 g/mol. The Morgan fingerprint density at radius 3 is 2.91 bits per heavy atom. The summed E-state index contributed by atoms with van der Waals surface area (Å²) in [7, 11) is 0. The van der Waals surface area contributed by atoms with Crippen molar-refractivity contribution in [1.82, 2.24) is 15.5 Å². The zero-order valence-corrected chi connectivity index (χ0v) is 13.8. The van der Waals surface area contributed by atoms with Crippen molar-refractivity contribution in [2.45, 2.75) is 39.2 Å². The number of ether oxygens (including phenoxy) is 1. The highest BCUT2D eigenvalue weighted by molar-refractivity contribution is 5.79. The van der Waals surface area contributed by atoms with E-state index in [1.165, 1.54) is 0 Å². The highest BCUT2D eigenvalue weighted by atomic mass is 16.5. The molecule has 3 rings (SSSR count). The molecule has 2 aromatic rings. The summed E-state index contributed by atoms with van der Waals surface area (Å²) in [6.07, 6.45) is 0.720.